The third-order valence-electron chi connectivity index (χ3n) is 2.19. The largest absolute Gasteiger partial charge is 0.378 e. The zero-order valence-electron chi connectivity index (χ0n) is 7.75. The van der Waals surface area contributed by atoms with E-state index in [4.69, 9.17) is 10.5 Å². The fourth-order valence-electron chi connectivity index (χ4n) is 1.32. The summed E-state index contributed by atoms with van der Waals surface area (Å²) >= 11 is 1.75. The van der Waals surface area contributed by atoms with Gasteiger partial charge in [0.2, 0.25) is 0 Å². The lowest BCUT2D eigenvalue weighted by Gasteiger charge is -1.95. The fraction of sp³-hybridized carbons (Fsp3) is 0.667. The molecule has 72 valence electrons. The summed E-state index contributed by atoms with van der Waals surface area (Å²) in [4.78, 5) is 5.73. The third kappa shape index (κ3) is 1.90. The summed E-state index contributed by atoms with van der Waals surface area (Å²) in [5.41, 5.74) is 6.67. The van der Waals surface area contributed by atoms with Gasteiger partial charge in [-0.2, -0.15) is 0 Å². The van der Waals surface area contributed by atoms with Gasteiger partial charge in [-0.15, -0.1) is 11.3 Å². The van der Waals surface area contributed by atoms with E-state index in [1.807, 2.05) is 0 Å². The Morgan fingerprint density at radius 2 is 2.38 bits per heavy atom. The molecule has 1 aromatic heterocycles. The summed E-state index contributed by atoms with van der Waals surface area (Å²) in [6.45, 7) is 1.18. The van der Waals surface area contributed by atoms with Gasteiger partial charge < -0.3 is 10.5 Å². The van der Waals surface area contributed by atoms with Crippen LogP contribution in [0.1, 0.15) is 34.3 Å². The van der Waals surface area contributed by atoms with Gasteiger partial charge in [0.25, 0.3) is 0 Å². The van der Waals surface area contributed by atoms with Gasteiger partial charge in [0.15, 0.2) is 0 Å². The maximum Gasteiger partial charge on any atom is 0.0963 e. The molecule has 1 fully saturated rings. The predicted octanol–water partition coefficient (Wildman–Crippen LogP) is 1.63. The molecule has 0 atom stereocenters. The molecule has 4 heteroatoms. The highest BCUT2D eigenvalue weighted by molar-refractivity contribution is 7.11. The molecule has 2 N–H and O–H groups in total. The Balaban J connectivity index is 2.20. The van der Waals surface area contributed by atoms with Crippen LogP contribution in [0.3, 0.4) is 0 Å². The Bertz CT molecular complexity index is 294. The molecule has 0 spiro atoms. The Morgan fingerprint density at radius 3 is 2.92 bits per heavy atom. The molecular weight excluding hydrogens is 184 g/mol. The molecule has 1 heterocycles. The van der Waals surface area contributed by atoms with Crippen molar-refractivity contribution in [3.63, 3.8) is 0 Å². The highest BCUT2D eigenvalue weighted by atomic mass is 32.1. The van der Waals surface area contributed by atoms with Crippen molar-refractivity contribution < 1.29 is 4.74 Å². The van der Waals surface area contributed by atoms with Crippen LogP contribution in [0.4, 0.5) is 0 Å². The lowest BCUT2D eigenvalue weighted by Crippen LogP contribution is -1.99. The standard InChI is InChI=1S/C9H14N2OS/c1-12-5-7-8(4-10)13-9(11-7)6-2-3-6/h6H,2-5,10H2,1H3. The minimum Gasteiger partial charge on any atom is -0.378 e. The molecule has 0 bridgehead atoms. The molecule has 0 amide bonds. The number of nitrogens with two attached hydrogens (primary N) is 1. The second-order valence-electron chi connectivity index (χ2n) is 3.33. The van der Waals surface area contributed by atoms with Gasteiger partial charge in [-0.25, -0.2) is 4.98 Å². The number of methoxy groups -OCH3 is 1. The van der Waals surface area contributed by atoms with E-state index in [1.165, 1.54) is 22.7 Å². The van der Waals surface area contributed by atoms with E-state index in [-0.39, 0.29) is 0 Å². The van der Waals surface area contributed by atoms with Gasteiger partial charge >= 0.3 is 0 Å². The van der Waals surface area contributed by atoms with Crippen molar-refractivity contribution >= 4 is 11.3 Å². The van der Waals surface area contributed by atoms with Crippen molar-refractivity contribution in [2.75, 3.05) is 7.11 Å². The van der Waals surface area contributed by atoms with Crippen LogP contribution < -0.4 is 5.73 Å². The molecule has 13 heavy (non-hydrogen) atoms. The molecule has 0 unspecified atom stereocenters. The SMILES string of the molecule is COCc1nc(C2CC2)sc1CN. The second-order valence-corrected chi connectivity index (χ2v) is 4.45. The Labute approximate surface area is 81.9 Å². The molecule has 1 saturated carbocycles. The van der Waals surface area contributed by atoms with Crippen molar-refractivity contribution in [2.24, 2.45) is 5.73 Å². The van der Waals surface area contributed by atoms with Crippen LogP contribution in [0.2, 0.25) is 0 Å². The summed E-state index contributed by atoms with van der Waals surface area (Å²) in [5.74, 6) is 0.723. The summed E-state index contributed by atoms with van der Waals surface area (Å²) in [6, 6.07) is 0. The van der Waals surface area contributed by atoms with Crippen LogP contribution in [0.15, 0.2) is 0 Å². The normalized spacial score (nSPS) is 16.5. The summed E-state index contributed by atoms with van der Waals surface area (Å²) in [5, 5.41) is 1.26. The molecule has 0 radical (unpaired) electrons. The molecule has 1 aliphatic carbocycles. The minimum absolute atomic E-state index is 0.586. The van der Waals surface area contributed by atoms with Crippen LogP contribution in [0.5, 0.6) is 0 Å². The van der Waals surface area contributed by atoms with Crippen LogP contribution in [-0.2, 0) is 17.9 Å². The minimum atomic E-state index is 0.586. The number of nitrogens with zero attached hydrogens (tertiary/aromatic N) is 1. The number of hydrogen-bond donors (Lipinski definition) is 1. The smallest absolute Gasteiger partial charge is 0.0963 e. The van der Waals surface area contributed by atoms with Crippen LogP contribution in [-0.4, -0.2) is 12.1 Å². The molecule has 1 aromatic rings. The molecule has 0 aliphatic heterocycles. The number of ether oxygens (including phenoxy) is 1. The molecule has 2 rings (SSSR count). The monoisotopic (exact) mass is 198 g/mol. The number of hydrogen-bond acceptors (Lipinski definition) is 4. The van der Waals surface area contributed by atoms with E-state index in [0.717, 1.165) is 11.6 Å². The number of aromatic nitrogens is 1. The lowest BCUT2D eigenvalue weighted by atomic mass is 10.3. The number of rotatable bonds is 4. The number of thiazole rings is 1. The van der Waals surface area contributed by atoms with Crippen LogP contribution in [0, 0.1) is 0 Å². The Kier molecular flexibility index (Phi) is 2.62. The van der Waals surface area contributed by atoms with Crippen molar-refractivity contribution in [1.29, 1.82) is 0 Å². The highest BCUT2D eigenvalue weighted by Gasteiger charge is 2.27. The van der Waals surface area contributed by atoms with E-state index >= 15 is 0 Å². The maximum absolute atomic E-state index is 5.63. The van der Waals surface area contributed by atoms with E-state index in [9.17, 15) is 0 Å². The fourth-order valence-corrected chi connectivity index (χ4v) is 2.43. The van der Waals surface area contributed by atoms with E-state index in [0.29, 0.717) is 13.2 Å². The summed E-state index contributed by atoms with van der Waals surface area (Å²) in [6.07, 6.45) is 2.59. The Hall–Kier alpha value is -0.450. The molecule has 3 nitrogen and oxygen atoms in total. The molecule has 0 aromatic carbocycles. The predicted molar refractivity (Wildman–Crippen MR) is 52.7 cm³/mol. The van der Waals surface area contributed by atoms with Gasteiger partial charge in [-0.1, -0.05) is 0 Å². The van der Waals surface area contributed by atoms with E-state index < -0.39 is 0 Å². The molecule has 1 aliphatic rings. The second kappa shape index (κ2) is 3.74. The highest BCUT2D eigenvalue weighted by Crippen LogP contribution is 2.42. The molecule has 0 saturated heterocycles. The Morgan fingerprint density at radius 1 is 1.62 bits per heavy atom. The summed E-state index contributed by atoms with van der Waals surface area (Å²) < 4.78 is 5.07. The first-order valence-electron chi connectivity index (χ1n) is 4.52. The quantitative estimate of drug-likeness (QED) is 0.799. The van der Waals surface area contributed by atoms with Gasteiger partial charge in [0.1, 0.15) is 0 Å². The van der Waals surface area contributed by atoms with Gasteiger partial charge in [-0.05, 0) is 12.8 Å². The third-order valence-corrected chi connectivity index (χ3v) is 3.47. The van der Waals surface area contributed by atoms with Crippen molar-refractivity contribution in [2.45, 2.75) is 31.9 Å². The lowest BCUT2D eigenvalue weighted by molar-refractivity contribution is 0.181. The topological polar surface area (TPSA) is 48.1 Å². The first-order valence-corrected chi connectivity index (χ1v) is 5.34. The average Bonchev–Trinajstić information content (AvgIpc) is 2.90. The average molecular weight is 198 g/mol. The van der Waals surface area contributed by atoms with Crippen molar-refractivity contribution in [3.05, 3.63) is 15.6 Å². The summed E-state index contributed by atoms with van der Waals surface area (Å²) in [7, 11) is 1.69. The van der Waals surface area contributed by atoms with Gasteiger partial charge in [0, 0.05) is 24.4 Å². The van der Waals surface area contributed by atoms with E-state index in [1.54, 1.807) is 18.4 Å². The van der Waals surface area contributed by atoms with Gasteiger partial charge in [0.05, 0.1) is 17.3 Å². The van der Waals surface area contributed by atoms with E-state index in [2.05, 4.69) is 4.98 Å². The zero-order chi connectivity index (χ0) is 9.26. The maximum atomic E-state index is 5.63. The molecular formula is C9H14N2OS. The van der Waals surface area contributed by atoms with Crippen molar-refractivity contribution in [3.8, 4) is 0 Å². The van der Waals surface area contributed by atoms with Crippen LogP contribution in [0.25, 0.3) is 0 Å². The first-order chi connectivity index (χ1) is 6.35. The first kappa shape index (κ1) is 9.12. The van der Waals surface area contributed by atoms with Gasteiger partial charge in [-0.3, -0.25) is 0 Å². The zero-order valence-corrected chi connectivity index (χ0v) is 8.56. The van der Waals surface area contributed by atoms with Crippen molar-refractivity contribution in [1.82, 2.24) is 4.98 Å². The van der Waals surface area contributed by atoms with Crippen LogP contribution >= 0.6 is 11.3 Å².